The topological polar surface area (TPSA) is 96.6 Å². The van der Waals surface area contributed by atoms with Crippen LogP contribution in [0.5, 0.6) is 11.5 Å². The Morgan fingerprint density at radius 3 is 3.00 bits per heavy atom. The van der Waals surface area contributed by atoms with E-state index in [1.165, 1.54) is 6.92 Å². The number of aromatic amines is 1. The molecule has 8 heteroatoms. The molecule has 0 radical (unpaired) electrons. The summed E-state index contributed by atoms with van der Waals surface area (Å²) < 4.78 is 10.6. The maximum absolute atomic E-state index is 12.5. The third kappa shape index (κ3) is 2.19. The van der Waals surface area contributed by atoms with Crippen LogP contribution in [0.1, 0.15) is 28.5 Å². The molecule has 23 heavy (non-hydrogen) atoms. The van der Waals surface area contributed by atoms with E-state index in [4.69, 9.17) is 9.47 Å². The zero-order valence-electron chi connectivity index (χ0n) is 12.4. The van der Waals surface area contributed by atoms with Gasteiger partial charge >= 0.3 is 0 Å². The predicted octanol–water partition coefficient (Wildman–Crippen LogP) is 1.25. The Morgan fingerprint density at radius 1 is 1.30 bits per heavy atom. The minimum atomic E-state index is -0.331. The molecule has 0 unspecified atom stereocenters. The number of hydrogen-bond donors (Lipinski definition) is 2. The van der Waals surface area contributed by atoms with E-state index in [2.05, 4.69) is 15.5 Å². The first-order valence-electron chi connectivity index (χ1n) is 7.15. The molecule has 118 valence electrons. The van der Waals surface area contributed by atoms with E-state index in [-0.39, 0.29) is 18.6 Å². The molecule has 2 N–H and O–H groups in total. The first-order valence-corrected chi connectivity index (χ1v) is 7.15. The van der Waals surface area contributed by atoms with Crippen LogP contribution in [0.15, 0.2) is 18.2 Å². The zero-order valence-corrected chi connectivity index (χ0v) is 12.4. The minimum Gasteiger partial charge on any atom is -0.454 e. The maximum atomic E-state index is 12.5. The molecular weight excluding hydrogens is 300 g/mol. The molecule has 0 aliphatic carbocycles. The van der Waals surface area contributed by atoms with Crippen LogP contribution >= 0.6 is 0 Å². The first kappa shape index (κ1) is 13.6. The second kappa shape index (κ2) is 5.01. The fourth-order valence-electron chi connectivity index (χ4n) is 2.75. The monoisotopic (exact) mass is 314 g/mol. The molecule has 0 saturated heterocycles. The highest BCUT2D eigenvalue weighted by Gasteiger charge is 2.28. The van der Waals surface area contributed by atoms with Crippen LogP contribution < -0.4 is 14.8 Å². The molecule has 2 aliphatic heterocycles. The fraction of sp³-hybridized carbons (Fsp3) is 0.267. The molecule has 0 spiro atoms. The molecule has 0 fully saturated rings. The predicted molar refractivity (Wildman–Crippen MR) is 79.0 cm³/mol. The average molecular weight is 314 g/mol. The Morgan fingerprint density at radius 2 is 2.17 bits per heavy atom. The number of benzene rings is 1. The van der Waals surface area contributed by atoms with Crippen LogP contribution in [0.2, 0.25) is 0 Å². The lowest BCUT2D eigenvalue weighted by Crippen LogP contribution is -2.23. The third-order valence-electron chi connectivity index (χ3n) is 3.97. The number of H-pyrrole nitrogens is 1. The van der Waals surface area contributed by atoms with E-state index in [1.807, 2.05) is 0 Å². The Hall–Kier alpha value is -3.03. The highest BCUT2D eigenvalue weighted by Crippen LogP contribution is 2.36. The van der Waals surface area contributed by atoms with Gasteiger partial charge in [0.25, 0.3) is 5.91 Å². The molecular formula is C15H14N4O4. The van der Waals surface area contributed by atoms with Gasteiger partial charge < -0.3 is 19.7 Å². The molecule has 2 aliphatic rings. The van der Waals surface area contributed by atoms with Crippen molar-refractivity contribution in [2.45, 2.75) is 20.0 Å². The van der Waals surface area contributed by atoms with Gasteiger partial charge in [-0.25, -0.2) is 0 Å². The molecule has 3 heterocycles. The van der Waals surface area contributed by atoms with Crippen LogP contribution in [0.3, 0.4) is 0 Å². The number of nitrogens with one attached hydrogen (secondary N) is 2. The second-order valence-corrected chi connectivity index (χ2v) is 5.40. The largest absolute Gasteiger partial charge is 0.454 e. The van der Waals surface area contributed by atoms with Gasteiger partial charge in [0.2, 0.25) is 12.7 Å². The summed E-state index contributed by atoms with van der Waals surface area (Å²) in [5, 5.41) is 9.76. The quantitative estimate of drug-likeness (QED) is 0.869. The van der Waals surface area contributed by atoms with Crippen molar-refractivity contribution in [1.82, 2.24) is 15.1 Å². The van der Waals surface area contributed by atoms with Gasteiger partial charge in [-0.15, -0.1) is 0 Å². The van der Waals surface area contributed by atoms with E-state index in [9.17, 15) is 9.59 Å². The SMILES string of the molecule is CC(=O)N1Cc2[nH]nc(NC(=O)c3cccc4c3OCO4)c2C1. The summed E-state index contributed by atoms with van der Waals surface area (Å²) in [4.78, 5) is 25.7. The van der Waals surface area contributed by atoms with E-state index in [1.54, 1.807) is 23.1 Å². The van der Waals surface area contributed by atoms with Crippen molar-refractivity contribution < 1.29 is 19.1 Å². The molecule has 2 amide bonds. The lowest BCUT2D eigenvalue weighted by molar-refractivity contribution is -0.129. The lowest BCUT2D eigenvalue weighted by Gasteiger charge is -2.12. The number of nitrogens with zero attached hydrogens (tertiary/aromatic N) is 2. The standard InChI is InChI=1S/C15H14N4O4/c1-8(20)19-5-10-11(6-19)17-18-14(10)16-15(21)9-3-2-4-12-13(9)23-7-22-12/h2-4H,5-7H2,1H3,(H2,16,17,18,21). The van der Waals surface area contributed by atoms with Crippen LogP contribution in [0, 0.1) is 0 Å². The van der Waals surface area contributed by atoms with Crippen molar-refractivity contribution in [3.05, 3.63) is 35.0 Å². The number of fused-ring (bicyclic) bond motifs is 2. The van der Waals surface area contributed by atoms with Crippen LogP contribution in [0.25, 0.3) is 0 Å². The highest BCUT2D eigenvalue weighted by atomic mass is 16.7. The number of carbonyl (C=O) groups excluding carboxylic acids is 2. The number of carbonyl (C=O) groups is 2. The number of rotatable bonds is 2. The highest BCUT2D eigenvalue weighted by molar-refractivity contribution is 6.06. The van der Waals surface area contributed by atoms with E-state index in [0.29, 0.717) is 36.0 Å². The molecule has 0 bridgehead atoms. The lowest BCUT2D eigenvalue weighted by atomic mass is 10.1. The van der Waals surface area contributed by atoms with Gasteiger partial charge in [0, 0.05) is 12.5 Å². The molecule has 1 aromatic heterocycles. The van der Waals surface area contributed by atoms with Crippen LogP contribution in [-0.4, -0.2) is 33.7 Å². The van der Waals surface area contributed by atoms with Gasteiger partial charge in [-0.2, -0.15) is 5.10 Å². The van der Waals surface area contributed by atoms with E-state index >= 15 is 0 Å². The van der Waals surface area contributed by atoms with E-state index < -0.39 is 0 Å². The molecule has 1 aromatic carbocycles. The van der Waals surface area contributed by atoms with Crippen molar-refractivity contribution in [1.29, 1.82) is 0 Å². The van der Waals surface area contributed by atoms with Gasteiger partial charge in [0.15, 0.2) is 17.3 Å². The van der Waals surface area contributed by atoms with Gasteiger partial charge in [0.05, 0.1) is 24.3 Å². The summed E-state index contributed by atoms with van der Waals surface area (Å²) in [7, 11) is 0. The van der Waals surface area contributed by atoms with Crippen molar-refractivity contribution >= 4 is 17.6 Å². The Bertz CT molecular complexity index is 814. The summed E-state index contributed by atoms with van der Waals surface area (Å²) in [5.74, 6) is 1.07. The maximum Gasteiger partial charge on any atom is 0.260 e. The summed E-state index contributed by atoms with van der Waals surface area (Å²) >= 11 is 0. The van der Waals surface area contributed by atoms with Gasteiger partial charge in [-0.05, 0) is 12.1 Å². The number of para-hydroxylation sites is 1. The fourth-order valence-corrected chi connectivity index (χ4v) is 2.75. The number of aromatic nitrogens is 2. The number of anilines is 1. The van der Waals surface area contributed by atoms with Crippen molar-refractivity contribution in [3.8, 4) is 11.5 Å². The summed E-state index contributed by atoms with van der Waals surface area (Å²) in [6, 6.07) is 5.14. The van der Waals surface area contributed by atoms with E-state index in [0.717, 1.165) is 11.3 Å². The molecule has 8 nitrogen and oxygen atoms in total. The normalized spacial score (nSPS) is 14.7. The van der Waals surface area contributed by atoms with Gasteiger partial charge in [-0.1, -0.05) is 6.07 Å². The first-order chi connectivity index (χ1) is 11.1. The Labute approximate surface area is 131 Å². The van der Waals surface area contributed by atoms with Crippen molar-refractivity contribution in [2.24, 2.45) is 0 Å². The van der Waals surface area contributed by atoms with Crippen LogP contribution in [-0.2, 0) is 17.9 Å². The smallest absolute Gasteiger partial charge is 0.260 e. The molecule has 0 saturated carbocycles. The Balaban J connectivity index is 1.58. The summed E-state index contributed by atoms with van der Waals surface area (Å²) in [6.45, 7) is 2.53. The number of amides is 2. The number of ether oxygens (including phenoxy) is 2. The van der Waals surface area contributed by atoms with Gasteiger partial charge in [0.1, 0.15) is 0 Å². The third-order valence-corrected chi connectivity index (χ3v) is 3.97. The van der Waals surface area contributed by atoms with Crippen molar-refractivity contribution in [2.75, 3.05) is 12.1 Å². The average Bonchev–Trinajstić information content (AvgIpc) is 3.22. The molecule has 0 atom stereocenters. The van der Waals surface area contributed by atoms with Gasteiger partial charge in [-0.3, -0.25) is 14.7 Å². The van der Waals surface area contributed by atoms with Crippen molar-refractivity contribution in [3.63, 3.8) is 0 Å². The Kier molecular flexibility index (Phi) is 2.97. The minimum absolute atomic E-state index is 0.0155. The molecule has 4 rings (SSSR count). The number of hydrogen-bond acceptors (Lipinski definition) is 5. The van der Waals surface area contributed by atoms with Crippen LogP contribution in [0.4, 0.5) is 5.82 Å². The zero-order chi connectivity index (χ0) is 16.0. The second-order valence-electron chi connectivity index (χ2n) is 5.40. The summed E-state index contributed by atoms with van der Waals surface area (Å²) in [5.41, 5.74) is 2.06. The molecule has 2 aromatic rings. The summed E-state index contributed by atoms with van der Waals surface area (Å²) in [6.07, 6.45) is 0.